The second kappa shape index (κ2) is 7.81. The van der Waals surface area contributed by atoms with Crippen LogP contribution in [0.3, 0.4) is 0 Å². The van der Waals surface area contributed by atoms with Crippen LogP contribution in [0.4, 0.5) is 15.8 Å². The molecule has 0 atom stereocenters. The molecule has 0 spiro atoms. The van der Waals surface area contributed by atoms with Crippen molar-refractivity contribution < 1.29 is 4.39 Å². The van der Waals surface area contributed by atoms with E-state index in [1.807, 2.05) is 0 Å². The van der Waals surface area contributed by atoms with Gasteiger partial charge in [-0.2, -0.15) is 0 Å². The van der Waals surface area contributed by atoms with Gasteiger partial charge in [0, 0.05) is 31.0 Å². The van der Waals surface area contributed by atoms with Crippen LogP contribution in [0, 0.1) is 5.82 Å². The number of thiocarbonyl (C=S) groups is 1. The monoisotopic (exact) mass is 363 g/mol. The SMILES string of the molecule is Fc1ccc(NC(=S)NCc2ccc(N3CCCC3)cc2)cc1Cl. The van der Waals surface area contributed by atoms with Crippen molar-refractivity contribution >= 4 is 40.3 Å². The van der Waals surface area contributed by atoms with E-state index in [0.29, 0.717) is 17.3 Å². The third kappa shape index (κ3) is 4.36. The van der Waals surface area contributed by atoms with Gasteiger partial charge in [0.2, 0.25) is 0 Å². The van der Waals surface area contributed by atoms with Crippen molar-refractivity contribution in [3.8, 4) is 0 Å². The van der Waals surface area contributed by atoms with Gasteiger partial charge in [-0.15, -0.1) is 0 Å². The van der Waals surface area contributed by atoms with Crippen molar-refractivity contribution in [1.82, 2.24) is 5.32 Å². The summed E-state index contributed by atoms with van der Waals surface area (Å²) in [7, 11) is 0. The molecule has 126 valence electrons. The summed E-state index contributed by atoms with van der Waals surface area (Å²) in [5.41, 5.74) is 3.08. The summed E-state index contributed by atoms with van der Waals surface area (Å²) < 4.78 is 13.1. The van der Waals surface area contributed by atoms with Crippen molar-refractivity contribution in [3.05, 3.63) is 58.9 Å². The van der Waals surface area contributed by atoms with Crippen LogP contribution in [0.25, 0.3) is 0 Å². The Morgan fingerprint density at radius 2 is 1.83 bits per heavy atom. The molecular formula is C18H19ClFN3S. The maximum atomic E-state index is 13.1. The largest absolute Gasteiger partial charge is 0.372 e. The maximum absolute atomic E-state index is 13.1. The molecule has 24 heavy (non-hydrogen) atoms. The number of anilines is 2. The van der Waals surface area contributed by atoms with Gasteiger partial charge in [-0.05, 0) is 61.0 Å². The number of rotatable bonds is 4. The van der Waals surface area contributed by atoms with Crippen LogP contribution in [0.1, 0.15) is 18.4 Å². The Kier molecular flexibility index (Phi) is 5.53. The summed E-state index contributed by atoms with van der Waals surface area (Å²) in [5, 5.41) is 6.68. The highest BCUT2D eigenvalue weighted by Gasteiger charge is 2.11. The Bertz CT molecular complexity index is 715. The van der Waals surface area contributed by atoms with E-state index in [1.165, 1.54) is 30.7 Å². The Balaban J connectivity index is 1.51. The fraction of sp³-hybridized carbons (Fsp3) is 0.278. The molecule has 1 aliphatic rings. The maximum Gasteiger partial charge on any atom is 0.171 e. The Labute approximate surface area is 151 Å². The minimum atomic E-state index is -0.445. The molecule has 0 aliphatic carbocycles. The molecule has 3 nitrogen and oxygen atoms in total. The lowest BCUT2D eigenvalue weighted by atomic mass is 10.2. The average Bonchev–Trinajstić information content (AvgIpc) is 3.11. The summed E-state index contributed by atoms with van der Waals surface area (Å²) in [6.07, 6.45) is 2.55. The van der Waals surface area contributed by atoms with Crippen LogP contribution < -0.4 is 15.5 Å². The number of hydrogen-bond acceptors (Lipinski definition) is 2. The summed E-state index contributed by atoms with van der Waals surface area (Å²) in [4.78, 5) is 2.40. The van der Waals surface area contributed by atoms with Gasteiger partial charge >= 0.3 is 0 Å². The third-order valence-corrected chi connectivity index (χ3v) is 4.57. The molecule has 3 rings (SSSR count). The van der Waals surface area contributed by atoms with Gasteiger partial charge in [-0.25, -0.2) is 4.39 Å². The molecule has 1 saturated heterocycles. The fourth-order valence-electron chi connectivity index (χ4n) is 2.73. The summed E-state index contributed by atoms with van der Waals surface area (Å²) in [5.74, 6) is -0.445. The van der Waals surface area contributed by atoms with Crippen LogP contribution in [0.2, 0.25) is 5.02 Å². The van der Waals surface area contributed by atoms with Crippen LogP contribution in [0.15, 0.2) is 42.5 Å². The molecule has 1 aliphatic heterocycles. The van der Waals surface area contributed by atoms with Crippen LogP contribution in [-0.4, -0.2) is 18.2 Å². The molecule has 2 aromatic carbocycles. The van der Waals surface area contributed by atoms with Crippen LogP contribution in [-0.2, 0) is 6.54 Å². The molecule has 0 aromatic heterocycles. The van der Waals surface area contributed by atoms with Gasteiger partial charge in [0.05, 0.1) is 5.02 Å². The van der Waals surface area contributed by atoms with Crippen molar-refractivity contribution in [1.29, 1.82) is 0 Å². The van der Waals surface area contributed by atoms with Crippen LogP contribution in [0.5, 0.6) is 0 Å². The van der Waals surface area contributed by atoms with Crippen molar-refractivity contribution in [3.63, 3.8) is 0 Å². The topological polar surface area (TPSA) is 27.3 Å². The van der Waals surface area contributed by atoms with Gasteiger partial charge in [0.25, 0.3) is 0 Å². The molecule has 2 aromatic rings. The Morgan fingerprint density at radius 1 is 1.12 bits per heavy atom. The number of hydrogen-bond donors (Lipinski definition) is 2. The van der Waals surface area contributed by atoms with E-state index < -0.39 is 5.82 Å². The first-order valence-corrected chi connectivity index (χ1v) is 8.74. The Hall–Kier alpha value is -1.85. The first-order chi connectivity index (χ1) is 11.6. The molecule has 0 bridgehead atoms. The van der Waals surface area contributed by atoms with E-state index in [0.717, 1.165) is 18.7 Å². The number of nitrogens with zero attached hydrogens (tertiary/aromatic N) is 1. The van der Waals surface area contributed by atoms with Crippen molar-refractivity contribution in [2.24, 2.45) is 0 Å². The summed E-state index contributed by atoms with van der Waals surface area (Å²) in [6.45, 7) is 2.92. The van der Waals surface area contributed by atoms with Crippen molar-refractivity contribution in [2.45, 2.75) is 19.4 Å². The Morgan fingerprint density at radius 3 is 2.50 bits per heavy atom. The van der Waals surface area contributed by atoms with Gasteiger partial charge in [0.15, 0.2) is 5.11 Å². The lowest BCUT2D eigenvalue weighted by Gasteiger charge is -2.18. The van der Waals surface area contributed by atoms with E-state index in [4.69, 9.17) is 23.8 Å². The molecule has 0 amide bonds. The van der Waals surface area contributed by atoms with Gasteiger partial charge in [-0.1, -0.05) is 23.7 Å². The lowest BCUT2D eigenvalue weighted by Crippen LogP contribution is -2.27. The van der Waals surface area contributed by atoms with Crippen LogP contribution >= 0.6 is 23.8 Å². The zero-order valence-corrected chi connectivity index (χ0v) is 14.8. The molecule has 6 heteroatoms. The fourth-order valence-corrected chi connectivity index (χ4v) is 3.10. The molecule has 1 heterocycles. The second-order valence-corrected chi connectivity index (χ2v) is 6.61. The smallest absolute Gasteiger partial charge is 0.171 e. The number of halogens is 2. The minimum absolute atomic E-state index is 0.0697. The number of benzene rings is 2. The highest BCUT2D eigenvalue weighted by Crippen LogP contribution is 2.21. The molecule has 0 radical (unpaired) electrons. The highest BCUT2D eigenvalue weighted by molar-refractivity contribution is 7.80. The molecule has 0 saturated carbocycles. The van der Waals surface area contributed by atoms with E-state index >= 15 is 0 Å². The lowest BCUT2D eigenvalue weighted by molar-refractivity contribution is 0.628. The predicted octanol–water partition coefficient (Wildman–Crippen LogP) is 4.57. The normalized spacial score (nSPS) is 13.8. The zero-order chi connectivity index (χ0) is 16.9. The van der Waals surface area contributed by atoms with Gasteiger partial charge in [-0.3, -0.25) is 0 Å². The predicted molar refractivity (Wildman–Crippen MR) is 102 cm³/mol. The first kappa shape index (κ1) is 17.0. The second-order valence-electron chi connectivity index (χ2n) is 5.80. The van der Waals surface area contributed by atoms with Crippen molar-refractivity contribution in [2.75, 3.05) is 23.3 Å². The van der Waals surface area contributed by atoms with E-state index in [2.05, 4.69) is 39.8 Å². The third-order valence-electron chi connectivity index (χ3n) is 4.04. The van der Waals surface area contributed by atoms with Gasteiger partial charge in [0.1, 0.15) is 5.82 Å². The van der Waals surface area contributed by atoms with E-state index in [1.54, 1.807) is 6.07 Å². The van der Waals surface area contributed by atoms with E-state index in [-0.39, 0.29) is 5.02 Å². The summed E-state index contributed by atoms with van der Waals surface area (Å²) >= 11 is 11.0. The quantitative estimate of drug-likeness (QED) is 0.778. The van der Waals surface area contributed by atoms with E-state index in [9.17, 15) is 4.39 Å². The molecular weight excluding hydrogens is 345 g/mol. The number of nitrogens with one attached hydrogen (secondary N) is 2. The molecule has 0 unspecified atom stereocenters. The van der Waals surface area contributed by atoms with Gasteiger partial charge < -0.3 is 15.5 Å². The standard InChI is InChI=1S/C18H19ClFN3S/c19-16-11-14(5-8-17(16)20)22-18(24)21-12-13-3-6-15(7-4-13)23-9-1-2-10-23/h3-8,11H,1-2,9-10,12H2,(H2,21,22,24). The minimum Gasteiger partial charge on any atom is -0.372 e. The first-order valence-electron chi connectivity index (χ1n) is 7.95. The zero-order valence-electron chi connectivity index (χ0n) is 13.2. The average molecular weight is 364 g/mol. The molecule has 1 fully saturated rings. The highest BCUT2D eigenvalue weighted by atomic mass is 35.5. The summed E-state index contributed by atoms with van der Waals surface area (Å²) in [6, 6.07) is 12.9. The molecule has 2 N–H and O–H groups in total.